The van der Waals surface area contributed by atoms with Crippen LogP contribution >= 0.6 is 0 Å². The van der Waals surface area contributed by atoms with Gasteiger partial charge in [0.05, 0.1) is 12.5 Å². The highest BCUT2D eigenvalue weighted by atomic mass is 16.5. The molecule has 7 heteroatoms. The van der Waals surface area contributed by atoms with Gasteiger partial charge in [-0.2, -0.15) is 5.26 Å². The van der Waals surface area contributed by atoms with Crippen molar-refractivity contribution in [1.29, 1.82) is 5.26 Å². The molecule has 1 aromatic heterocycles. The maximum absolute atomic E-state index is 12.0. The molecule has 0 unspecified atom stereocenters. The van der Waals surface area contributed by atoms with Crippen molar-refractivity contribution in [2.24, 2.45) is 11.7 Å². The molecule has 1 atom stereocenters. The molecule has 0 aromatic carbocycles. The van der Waals surface area contributed by atoms with Crippen molar-refractivity contribution in [3.63, 3.8) is 0 Å². The predicted octanol–water partition coefficient (Wildman–Crippen LogP) is 0.956. The second-order valence-electron chi connectivity index (χ2n) is 4.09. The van der Waals surface area contributed by atoms with Gasteiger partial charge in [0, 0.05) is 11.9 Å². The number of nitriles is 1. The van der Waals surface area contributed by atoms with E-state index in [-0.39, 0.29) is 17.9 Å². The van der Waals surface area contributed by atoms with Gasteiger partial charge in [-0.25, -0.2) is 9.78 Å². The van der Waals surface area contributed by atoms with Gasteiger partial charge in [0.1, 0.15) is 11.9 Å². The molecule has 1 aromatic rings. The van der Waals surface area contributed by atoms with E-state index in [1.54, 1.807) is 31.2 Å². The molecular formula is C14H16N4O3. The molecule has 0 bridgehead atoms. The van der Waals surface area contributed by atoms with E-state index in [2.05, 4.69) is 10.3 Å². The lowest BCUT2D eigenvalue weighted by Crippen LogP contribution is -2.28. The van der Waals surface area contributed by atoms with Crippen molar-refractivity contribution >= 4 is 17.7 Å². The lowest BCUT2D eigenvalue weighted by atomic mass is 10.0. The number of amides is 1. The summed E-state index contributed by atoms with van der Waals surface area (Å²) in [6.07, 6.45) is 1.53. The van der Waals surface area contributed by atoms with Crippen molar-refractivity contribution in [3.8, 4) is 6.07 Å². The number of pyridine rings is 1. The van der Waals surface area contributed by atoms with Crippen LogP contribution in [0.1, 0.15) is 13.8 Å². The number of carbonyl (C=O) groups excluding carboxylic acids is 2. The van der Waals surface area contributed by atoms with Gasteiger partial charge in [0.15, 0.2) is 5.57 Å². The monoisotopic (exact) mass is 288 g/mol. The fourth-order valence-electron chi connectivity index (χ4n) is 1.46. The van der Waals surface area contributed by atoms with Crippen LogP contribution in [-0.4, -0.2) is 23.5 Å². The first-order valence-corrected chi connectivity index (χ1v) is 6.30. The minimum atomic E-state index is -0.869. The summed E-state index contributed by atoms with van der Waals surface area (Å²) >= 11 is 0. The molecule has 110 valence electrons. The zero-order valence-electron chi connectivity index (χ0n) is 11.8. The Morgan fingerprint density at radius 3 is 2.76 bits per heavy atom. The van der Waals surface area contributed by atoms with Crippen molar-refractivity contribution in [1.82, 2.24) is 4.98 Å². The molecule has 0 saturated carbocycles. The van der Waals surface area contributed by atoms with Crippen molar-refractivity contribution < 1.29 is 14.3 Å². The highest BCUT2D eigenvalue weighted by Gasteiger charge is 2.23. The highest BCUT2D eigenvalue weighted by molar-refractivity contribution is 5.98. The summed E-state index contributed by atoms with van der Waals surface area (Å²) in [7, 11) is 0. The van der Waals surface area contributed by atoms with E-state index in [4.69, 9.17) is 15.7 Å². The largest absolute Gasteiger partial charge is 0.462 e. The number of nitrogens with one attached hydrogen (secondary N) is 1. The molecule has 1 heterocycles. The molecule has 0 spiro atoms. The summed E-state index contributed by atoms with van der Waals surface area (Å²) in [6, 6.07) is 6.71. The standard InChI is InChI=1S/C14H16N4O3/c1-3-21-14(20)10(8-15)12(16)9(2)13(19)18-11-6-4-5-7-17-11/h4-7,9H,3,16H2,1-2H3,(H,17,18,19)/b12-10-/t9-/m0/s1. The molecule has 7 nitrogen and oxygen atoms in total. The Bertz CT molecular complexity index is 590. The van der Waals surface area contributed by atoms with Gasteiger partial charge >= 0.3 is 5.97 Å². The van der Waals surface area contributed by atoms with E-state index in [9.17, 15) is 9.59 Å². The van der Waals surface area contributed by atoms with Crippen LogP contribution in [-0.2, 0) is 14.3 Å². The number of nitrogens with zero attached hydrogens (tertiary/aromatic N) is 2. The molecular weight excluding hydrogens is 272 g/mol. The summed E-state index contributed by atoms with van der Waals surface area (Å²) in [5.74, 6) is -1.82. The lowest BCUT2D eigenvalue weighted by Gasteiger charge is -2.13. The zero-order valence-corrected chi connectivity index (χ0v) is 11.8. The third kappa shape index (κ3) is 4.31. The van der Waals surface area contributed by atoms with Crippen LogP contribution in [0.5, 0.6) is 0 Å². The van der Waals surface area contributed by atoms with E-state index in [0.29, 0.717) is 5.82 Å². The van der Waals surface area contributed by atoms with Gasteiger partial charge in [-0.3, -0.25) is 4.79 Å². The number of rotatable bonds is 5. The van der Waals surface area contributed by atoms with Crippen molar-refractivity contribution in [2.75, 3.05) is 11.9 Å². The summed E-state index contributed by atoms with van der Waals surface area (Å²) in [4.78, 5) is 27.5. The van der Waals surface area contributed by atoms with Gasteiger partial charge in [0.2, 0.25) is 5.91 Å². The molecule has 1 amide bonds. The Hall–Kier alpha value is -2.88. The van der Waals surface area contributed by atoms with Crippen LogP contribution in [0, 0.1) is 17.2 Å². The van der Waals surface area contributed by atoms with Crippen LogP contribution in [0.25, 0.3) is 0 Å². The van der Waals surface area contributed by atoms with Gasteiger partial charge in [-0.05, 0) is 26.0 Å². The molecule has 0 aliphatic heterocycles. The van der Waals surface area contributed by atoms with E-state index in [1.165, 1.54) is 13.1 Å². The minimum Gasteiger partial charge on any atom is -0.462 e. The maximum atomic E-state index is 12.0. The summed E-state index contributed by atoms with van der Waals surface area (Å²) < 4.78 is 4.72. The first kappa shape index (κ1) is 16.2. The predicted molar refractivity (Wildman–Crippen MR) is 75.5 cm³/mol. The quantitative estimate of drug-likeness (QED) is 0.473. The molecule has 21 heavy (non-hydrogen) atoms. The normalized spacial score (nSPS) is 12.6. The van der Waals surface area contributed by atoms with Gasteiger partial charge in [-0.1, -0.05) is 6.07 Å². The molecule has 0 fully saturated rings. The lowest BCUT2D eigenvalue weighted by molar-refractivity contribution is -0.138. The van der Waals surface area contributed by atoms with Crippen LogP contribution in [0.3, 0.4) is 0 Å². The van der Waals surface area contributed by atoms with Crippen molar-refractivity contribution in [3.05, 3.63) is 35.7 Å². The van der Waals surface area contributed by atoms with Crippen LogP contribution in [0.4, 0.5) is 5.82 Å². The second-order valence-corrected chi connectivity index (χ2v) is 4.09. The minimum absolute atomic E-state index is 0.117. The third-order valence-corrected chi connectivity index (χ3v) is 2.66. The topological polar surface area (TPSA) is 118 Å². The Morgan fingerprint density at radius 2 is 2.24 bits per heavy atom. The molecule has 3 N–H and O–H groups in total. The molecule has 0 saturated heterocycles. The van der Waals surface area contributed by atoms with Crippen LogP contribution < -0.4 is 11.1 Å². The van der Waals surface area contributed by atoms with Gasteiger partial charge < -0.3 is 15.8 Å². The Labute approximate surface area is 122 Å². The molecule has 0 aliphatic rings. The number of aromatic nitrogens is 1. The van der Waals surface area contributed by atoms with E-state index in [1.807, 2.05) is 0 Å². The Morgan fingerprint density at radius 1 is 1.52 bits per heavy atom. The summed E-state index contributed by atoms with van der Waals surface area (Å²) in [5.41, 5.74) is 5.24. The number of esters is 1. The number of hydrogen-bond acceptors (Lipinski definition) is 6. The number of carbonyl (C=O) groups is 2. The summed E-state index contributed by atoms with van der Waals surface area (Å²) in [5, 5.41) is 11.5. The van der Waals surface area contributed by atoms with Crippen molar-refractivity contribution in [2.45, 2.75) is 13.8 Å². The third-order valence-electron chi connectivity index (χ3n) is 2.66. The second kappa shape index (κ2) is 7.65. The van der Waals surface area contributed by atoms with E-state index >= 15 is 0 Å². The molecule has 0 radical (unpaired) electrons. The molecule has 1 rings (SSSR count). The number of hydrogen-bond donors (Lipinski definition) is 2. The van der Waals surface area contributed by atoms with Crippen LogP contribution in [0.2, 0.25) is 0 Å². The first-order valence-electron chi connectivity index (χ1n) is 6.30. The average molecular weight is 288 g/mol. The van der Waals surface area contributed by atoms with Gasteiger partial charge in [-0.15, -0.1) is 0 Å². The number of nitrogens with two attached hydrogens (primary N) is 1. The Kier molecular flexibility index (Phi) is 5.89. The SMILES string of the molecule is CCOC(=O)/C(C#N)=C(\N)[C@H](C)C(=O)Nc1ccccn1. The number of anilines is 1. The highest BCUT2D eigenvalue weighted by Crippen LogP contribution is 2.14. The Balaban J connectivity index is 2.90. The molecule has 0 aliphatic carbocycles. The summed E-state index contributed by atoms with van der Waals surface area (Å²) in [6.45, 7) is 3.22. The maximum Gasteiger partial charge on any atom is 0.350 e. The fraction of sp³-hybridized carbons (Fsp3) is 0.286. The zero-order chi connectivity index (χ0) is 15.8. The van der Waals surface area contributed by atoms with E-state index < -0.39 is 17.8 Å². The van der Waals surface area contributed by atoms with Gasteiger partial charge in [0.25, 0.3) is 0 Å². The smallest absolute Gasteiger partial charge is 0.350 e. The first-order chi connectivity index (χ1) is 10.0. The fourth-order valence-corrected chi connectivity index (χ4v) is 1.46. The van der Waals surface area contributed by atoms with Crippen LogP contribution in [0.15, 0.2) is 35.7 Å². The average Bonchev–Trinajstić information content (AvgIpc) is 2.48. The number of ether oxygens (including phenoxy) is 1. The van der Waals surface area contributed by atoms with E-state index in [0.717, 1.165) is 0 Å².